The normalized spacial score (nSPS) is 17.8. The minimum absolute atomic E-state index is 0.335. The van der Waals surface area contributed by atoms with Crippen molar-refractivity contribution in [1.29, 1.82) is 0 Å². The molecule has 0 spiro atoms. The van der Waals surface area contributed by atoms with Crippen LogP contribution in [0.5, 0.6) is 0 Å². The molecule has 0 radical (unpaired) electrons. The number of aryl methyl sites for hydroxylation is 1. The number of ketones is 1. The highest BCUT2D eigenvalue weighted by Crippen LogP contribution is 2.40. The molecule has 5 nitrogen and oxygen atoms in total. The summed E-state index contributed by atoms with van der Waals surface area (Å²) < 4.78 is 0. The summed E-state index contributed by atoms with van der Waals surface area (Å²) in [6.07, 6.45) is -0.141. The van der Waals surface area contributed by atoms with Crippen LogP contribution in [-0.2, 0) is 16.0 Å². The molecule has 1 heterocycles. The Balaban J connectivity index is 1.52. The predicted molar refractivity (Wildman–Crippen MR) is 154 cm³/mol. The number of carbonyl (C=O) groups excluding carboxylic acids is 2. The SMILES string of the molecule is CCCN1C(=O)C(C(=O)C(Cc2ccc(Cl)cc2)Nc2ccc3ccccc3c2)C(O)c2ccc(C)cc21. The number of hydrogen-bond acceptors (Lipinski definition) is 4. The van der Waals surface area contributed by atoms with E-state index in [1.165, 1.54) is 0 Å². The molecule has 1 aliphatic rings. The van der Waals surface area contributed by atoms with E-state index in [9.17, 15) is 14.7 Å². The van der Waals surface area contributed by atoms with Gasteiger partial charge in [0.25, 0.3) is 0 Å². The molecule has 38 heavy (non-hydrogen) atoms. The first-order chi connectivity index (χ1) is 18.4. The standard InChI is InChI=1S/C32H31ClN2O3/c1-3-16-35-28-17-20(2)8-15-26(28)30(36)29(32(35)38)31(37)27(18-21-9-12-24(33)13-10-21)34-25-14-11-22-6-4-5-7-23(22)19-25/h4-15,17,19,27,29-30,34,36H,3,16,18H2,1-2H3. The molecule has 0 saturated heterocycles. The third kappa shape index (κ3) is 5.17. The second-order valence-corrected chi connectivity index (χ2v) is 10.4. The molecule has 0 aromatic heterocycles. The molecular weight excluding hydrogens is 496 g/mol. The van der Waals surface area contributed by atoms with Gasteiger partial charge in [-0.25, -0.2) is 0 Å². The molecule has 5 rings (SSSR count). The van der Waals surface area contributed by atoms with Gasteiger partial charge in [0.2, 0.25) is 5.91 Å². The van der Waals surface area contributed by atoms with Crippen LogP contribution in [0.25, 0.3) is 10.8 Å². The first-order valence-corrected chi connectivity index (χ1v) is 13.4. The molecule has 3 unspecified atom stereocenters. The number of hydrogen-bond donors (Lipinski definition) is 2. The highest BCUT2D eigenvalue weighted by Gasteiger charge is 2.45. The Labute approximate surface area is 228 Å². The molecule has 0 fully saturated rings. The van der Waals surface area contributed by atoms with Gasteiger partial charge in [-0.3, -0.25) is 9.59 Å². The maximum atomic E-state index is 14.2. The third-order valence-electron chi connectivity index (χ3n) is 7.18. The summed E-state index contributed by atoms with van der Waals surface area (Å²) in [6, 6.07) is 26.2. The lowest BCUT2D eigenvalue weighted by Crippen LogP contribution is -2.51. The van der Waals surface area contributed by atoms with Crippen LogP contribution < -0.4 is 10.2 Å². The summed E-state index contributed by atoms with van der Waals surface area (Å²) in [6.45, 7) is 4.43. The topological polar surface area (TPSA) is 69.6 Å². The van der Waals surface area contributed by atoms with Crippen molar-refractivity contribution in [3.8, 4) is 0 Å². The summed E-state index contributed by atoms with van der Waals surface area (Å²) in [4.78, 5) is 29.6. The van der Waals surface area contributed by atoms with Gasteiger partial charge in [-0.15, -0.1) is 0 Å². The molecule has 6 heteroatoms. The lowest BCUT2D eigenvalue weighted by Gasteiger charge is -2.38. The molecule has 4 aromatic carbocycles. The molecule has 0 bridgehead atoms. The van der Waals surface area contributed by atoms with Crippen LogP contribution in [-0.4, -0.2) is 29.4 Å². The second kappa shape index (κ2) is 11.0. The van der Waals surface area contributed by atoms with Crippen molar-refractivity contribution >= 4 is 45.4 Å². The van der Waals surface area contributed by atoms with Crippen LogP contribution in [0, 0.1) is 12.8 Å². The highest BCUT2D eigenvalue weighted by atomic mass is 35.5. The van der Waals surface area contributed by atoms with E-state index < -0.39 is 18.1 Å². The van der Waals surface area contributed by atoms with Crippen molar-refractivity contribution in [1.82, 2.24) is 0 Å². The Hall–Kier alpha value is -3.67. The van der Waals surface area contributed by atoms with E-state index >= 15 is 0 Å². The van der Waals surface area contributed by atoms with Crippen molar-refractivity contribution in [2.24, 2.45) is 5.92 Å². The van der Waals surface area contributed by atoms with Gasteiger partial charge in [-0.1, -0.05) is 73.1 Å². The average molecular weight is 527 g/mol. The fourth-order valence-electron chi connectivity index (χ4n) is 5.25. The Kier molecular flexibility index (Phi) is 7.50. The number of nitrogens with one attached hydrogen (secondary N) is 1. The van der Waals surface area contributed by atoms with Gasteiger partial charge >= 0.3 is 0 Å². The Morgan fingerprint density at radius 2 is 1.74 bits per heavy atom. The van der Waals surface area contributed by atoms with Crippen LogP contribution in [0.2, 0.25) is 5.02 Å². The first-order valence-electron chi connectivity index (χ1n) is 13.0. The number of aliphatic hydroxyl groups is 1. The monoisotopic (exact) mass is 526 g/mol. The zero-order valence-corrected chi connectivity index (χ0v) is 22.3. The van der Waals surface area contributed by atoms with E-state index in [0.717, 1.165) is 34.0 Å². The fraction of sp³-hybridized carbons (Fsp3) is 0.250. The minimum atomic E-state index is -1.22. The number of Topliss-reactive ketones (excluding diaryl/α,β-unsaturated/α-hetero) is 1. The average Bonchev–Trinajstić information content (AvgIpc) is 2.91. The van der Waals surface area contributed by atoms with Gasteiger partial charge in [0.1, 0.15) is 5.92 Å². The highest BCUT2D eigenvalue weighted by molar-refractivity contribution is 6.30. The van der Waals surface area contributed by atoms with E-state index in [0.29, 0.717) is 29.2 Å². The predicted octanol–water partition coefficient (Wildman–Crippen LogP) is 6.50. The minimum Gasteiger partial charge on any atom is -0.387 e. The zero-order valence-electron chi connectivity index (χ0n) is 21.5. The van der Waals surface area contributed by atoms with Crippen molar-refractivity contribution in [2.45, 2.75) is 38.8 Å². The summed E-state index contributed by atoms with van der Waals surface area (Å²) in [5.41, 5.74) is 3.96. The summed E-state index contributed by atoms with van der Waals surface area (Å²) in [7, 11) is 0. The Bertz CT molecular complexity index is 1480. The van der Waals surface area contributed by atoms with Gasteiger partial charge in [-0.2, -0.15) is 0 Å². The smallest absolute Gasteiger partial charge is 0.240 e. The number of carbonyl (C=O) groups is 2. The van der Waals surface area contributed by atoms with Crippen molar-refractivity contribution < 1.29 is 14.7 Å². The van der Waals surface area contributed by atoms with Crippen molar-refractivity contribution in [3.63, 3.8) is 0 Å². The van der Waals surface area contributed by atoms with E-state index in [1.54, 1.807) is 17.0 Å². The number of amides is 1. The van der Waals surface area contributed by atoms with Gasteiger partial charge in [-0.05, 0) is 72.0 Å². The summed E-state index contributed by atoms with van der Waals surface area (Å²) in [5, 5.41) is 17.5. The molecule has 0 aliphatic carbocycles. The maximum Gasteiger partial charge on any atom is 0.240 e. The van der Waals surface area contributed by atoms with Gasteiger partial charge in [0.05, 0.1) is 12.1 Å². The number of halogens is 1. The molecule has 1 aliphatic heterocycles. The van der Waals surface area contributed by atoms with E-state index in [-0.39, 0.29) is 11.7 Å². The van der Waals surface area contributed by atoms with Crippen LogP contribution in [0.3, 0.4) is 0 Å². The summed E-state index contributed by atoms with van der Waals surface area (Å²) >= 11 is 6.09. The lowest BCUT2D eigenvalue weighted by molar-refractivity contribution is -0.138. The zero-order chi connectivity index (χ0) is 26.8. The Morgan fingerprint density at radius 1 is 1.00 bits per heavy atom. The molecule has 3 atom stereocenters. The summed E-state index contributed by atoms with van der Waals surface area (Å²) in [5.74, 6) is -1.90. The van der Waals surface area contributed by atoms with E-state index in [2.05, 4.69) is 5.32 Å². The number of nitrogens with zero attached hydrogens (tertiary/aromatic N) is 1. The quantitative estimate of drug-likeness (QED) is 0.257. The van der Waals surface area contributed by atoms with Gasteiger partial charge in [0, 0.05) is 28.5 Å². The van der Waals surface area contributed by atoms with Crippen LogP contribution in [0.4, 0.5) is 11.4 Å². The molecule has 2 N–H and O–H groups in total. The molecular formula is C32H31ClN2O3. The fourth-order valence-corrected chi connectivity index (χ4v) is 5.37. The number of fused-ring (bicyclic) bond motifs is 2. The molecule has 194 valence electrons. The largest absolute Gasteiger partial charge is 0.387 e. The van der Waals surface area contributed by atoms with Crippen LogP contribution in [0.15, 0.2) is 84.9 Å². The number of benzene rings is 4. The van der Waals surface area contributed by atoms with Gasteiger partial charge < -0.3 is 15.3 Å². The molecule has 1 amide bonds. The lowest BCUT2D eigenvalue weighted by atomic mass is 9.81. The van der Waals surface area contributed by atoms with Crippen LogP contribution >= 0.6 is 11.6 Å². The molecule has 4 aromatic rings. The van der Waals surface area contributed by atoms with Gasteiger partial charge in [0.15, 0.2) is 5.78 Å². The van der Waals surface area contributed by atoms with Crippen molar-refractivity contribution in [2.75, 3.05) is 16.8 Å². The molecule has 0 saturated carbocycles. The first kappa shape index (κ1) is 26.0. The van der Waals surface area contributed by atoms with Crippen molar-refractivity contribution in [3.05, 3.63) is 107 Å². The second-order valence-electron chi connectivity index (χ2n) is 9.97. The van der Waals surface area contributed by atoms with E-state index in [4.69, 9.17) is 11.6 Å². The maximum absolute atomic E-state index is 14.2. The number of aliphatic hydroxyl groups excluding tert-OH is 1. The number of rotatable bonds is 8. The number of anilines is 2. The Morgan fingerprint density at radius 3 is 2.47 bits per heavy atom. The third-order valence-corrected chi connectivity index (χ3v) is 7.44. The van der Waals surface area contributed by atoms with E-state index in [1.807, 2.05) is 86.6 Å². The van der Waals surface area contributed by atoms with Crippen LogP contribution in [0.1, 0.15) is 36.1 Å².